The van der Waals surface area contributed by atoms with Crippen LogP contribution in [0.2, 0.25) is 0 Å². The lowest BCUT2D eigenvalue weighted by Crippen LogP contribution is -2.32. The Morgan fingerprint density at radius 2 is 2.16 bits per heavy atom. The van der Waals surface area contributed by atoms with Gasteiger partial charge in [0, 0.05) is 42.7 Å². The van der Waals surface area contributed by atoms with Gasteiger partial charge in [-0.25, -0.2) is 20.4 Å². The third kappa shape index (κ3) is 2.22. The monoisotopic (exact) mass is 256 g/mol. The van der Waals surface area contributed by atoms with Crippen LogP contribution < -0.4 is 5.43 Å². The van der Waals surface area contributed by atoms with E-state index in [9.17, 15) is 4.79 Å². The normalized spacial score (nSPS) is 18.9. The van der Waals surface area contributed by atoms with Crippen molar-refractivity contribution in [3.63, 3.8) is 0 Å². The number of aromatic nitrogens is 4. The van der Waals surface area contributed by atoms with Crippen LogP contribution in [0.15, 0.2) is 36.2 Å². The van der Waals surface area contributed by atoms with Gasteiger partial charge in [0.1, 0.15) is 6.33 Å². The molecule has 0 spiro atoms. The van der Waals surface area contributed by atoms with Crippen molar-refractivity contribution in [1.82, 2.24) is 24.9 Å². The molecule has 0 radical (unpaired) electrons. The molecule has 0 bridgehead atoms. The molecule has 1 N–H and O–H groups in total. The molecule has 1 aliphatic rings. The topological polar surface area (TPSA) is 85.1 Å². The molecule has 1 aliphatic heterocycles. The summed E-state index contributed by atoms with van der Waals surface area (Å²) >= 11 is 0. The van der Waals surface area contributed by atoms with Crippen LogP contribution in [-0.2, 0) is 4.79 Å². The van der Waals surface area contributed by atoms with Gasteiger partial charge in [0.2, 0.25) is 11.9 Å². The Balaban J connectivity index is 1.89. The largest absolute Gasteiger partial charge is 0.274 e. The van der Waals surface area contributed by atoms with Crippen molar-refractivity contribution in [1.29, 1.82) is 0 Å². The lowest BCUT2D eigenvalue weighted by Gasteiger charge is -2.18. The second-order valence-corrected chi connectivity index (χ2v) is 4.38. The van der Waals surface area contributed by atoms with Crippen LogP contribution in [0.5, 0.6) is 0 Å². The molecule has 2 aromatic heterocycles. The summed E-state index contributed by atoms with van der Waals surface area (Å²) < 4.78 is 1.72. The van der Waals surface area contributed by atoms with Gasteiger partial charge in [-0.05, 0) is 0 Å². The predicted octanol–water partition coefficient (Wildman–Crippen LogP) is 0.522. The van der Waals surface area contributed by atoms with E-state index < -0.39 is 0 Å². The van der Waals surface area contributed by atoms with E-state index in [1.807, 2.05) is 6.92 Å². The van der Waals surface area contributed by atoms with Gasteiger partial charge in [0.05, 0.1) is 5.71 Å². The van der Waals surface area contributed by atoms with Gasteiger partial charge in [0.25, 0.3) is 0 Å². The van der Waals surface area contributed by atoms with Crippen LogP contribution in [0, 0.1) is 5.92 Å². The highest BCUT2D eigenvalue weighted by Crippen LogP contribution is 2.15. The number of carbonyl (C=O) groups excluding carboxylic acids is 1. The Hall–Kier alpha value is -2.57. The molecule has 3 rings (SSSR count). The zero-order valence-electron chi connectivity index (χ0n) is 10.3. The van der Waals surface area contributed by atoms with Gasteiger partial charge in [0.15, 0.2) is 0 Å². The number of amides is 1. The van der Waals surface area contributed by atoms with Crippen molar-refractivity contribution >= 4 is 11.6 Å². The van der Waals surface area contributed by atoms with Gasteiger partial charge in [-0.2, -0.15) is 5.10 Å². The summed E-state index contributed by atoms with van der Waals surface area (Å²) in [4.78, 5) is 23.7. The molecule has 0 aliphatic carbocycles. The minimum Gasteiger partial charge on any atom is -0.274 e. The van der Waals surface area contributed by atoms with Crippen molar-refractivity contribution in [3.05, 3.63) is 36.7 Å². The van der Waals surface area contributed by atoms with Crippen LogP contribution in [0.3, 0.4) is 0 Å². The predicted molar refractivity (Wildman–Crippen MR) is 67.6 cm³/mol. The van der Waals surface area contributed by atoms with Crippen LogP contribution in [0.4, 0.5) is 0 Å². The first-order valence-electron chi connectivity index (χ1n) is 5.91. The Morgan fingerprint density at radius 3 is 2.79 bits per heavy atom. The fourth-order valence-corrected chi connectivity index (χ4v) is 1.97. The fourth-order valence-electron chi connectivity index (χ4n) is 1.97. The summed E-state index contributed by atoms with van der Waals surface area (Å²) in [7, 11) is 0. The number of hydrazone groups is 1. The number of hydrogen-bond donors (Lipinski definition) is 1. The molecule has 1 atom stereocenters. The van der Waals surface area contributed by atoms with E-state index in [0.29, 0.717) is 12.4 Å². The zero-order valence-corrected chi connectivity index (χ0v) is 10.3. The molecule has 7 nitrogen and oxygen atoms in total. The molecule has 0 saturated carbocycles. The standard InChI is InChI=1S/C12H12N6O/c1-8-4-10(19)16-17-11(8)9-5-14-12(15-6-9)18-3-2-13-7-18/h2-3,5-8H,4H2,1H3,(H,16,19). The van der Waals surface area contributed by atoms with E-state index in [4.69, 9.17) is 0 Å². The van der Waals surface area contributed by atoms with E-state index in [1.165, 1.54) is 0 Å². The van der Waals surface area contributed by atoms with Crippen molar-refractivity contribution in [3.8, 4) is 5.95 Å². The number of nitrogens with one attached hydrogen (secondary N) is 1. The summed E-state index contributed by atoms with van der Waals surface area (Å²) in [6.45, 7) is 1.96. The van der Waals surface area contributed by atoms with E-state index in [0.717, 1.165) is 11.3 Å². The quantitative estimate of drug-likeness (QED) is 0.849. The maximum atomic E-state index is 11.2. The third-order valence-corrected chi connectivity index (χ3v) is 2.93. The van der Waals surface area contributed by atoms with E-state index in [2.05, 4.69) is 25.5 Å². The fraction of sp³-hybridized carbons (Fsp3) is 0.250. The van der Waals surface area contributed by atoms with Crippen molar-refractivity contribution in [2.24, 2.45) is 11.0 Å². The SMILES string of the molecule is CC1CC(=O)NN=C1c1cnc(-n2ccnc2)nc1. The number of rotatable bonds is 2. The maximum Gasteiger partial charge on any atom is 0.240 e. The minimum atomic E-state index is -0.0628. The Kier molecular flexibility index (Phi) is 2.79. The molecule has 19 heavy (non-hydrogen) atoms. The Labute approximate surface area is 109 Å². The molecule has 1 amide bonds. The lowest BCUT2D eigenvalue weighted by atomic mass is 9.96. The van der Waals surface area contributed by atoms with Gasteiger partial charge < -0.3 is 0 Å². The first-order valence-corrected chi connectivity index (χ1v) is 5.91. The van der Waals surface area contributed by atoms with Gasteiger partial charge in [-0.1, -0.05) is 6.92 Å². The van der Waals surface area contributed by atoms with Crippen LogP contribution in [0.25, 0.3) is 5.95 Å². The third-order valence-electron chi connectivity index (χ3n) is 2.93. The van der Waals surface area contributed by atoms with Gasteiger partial charge in [-0.3, -0.25) is 9.36 Å². The highest BCUT2D eigenvalue weighted by atomic mass is 16.2. The maximum absolute atomic E-state index is 11.2. The summed E-state index contributed by atoms with van der Waals surface area (Å²) in [5, 5.41) is 4.07. The average Bonchev–Trinajstić information content (AvgIpc) is 2.93. The highest BCUT2D eigenvalue weighted by Gasteiger charge is 2.22. The summed E-state index contributed by atoms with van der Waals surface area (Å²) in [6.07, 6.45) is 8.92. The highest BCUT2D eigenvalue weighted by molar-refractivity contribution is 6.05. The summed E-state index contributed by atoms with van der Waals surface area (Å²) in [6, 6.07) is 0. The molecule has 0 fully saturated rings. The van der Waals surface area contributed by atoms with E-state index >= 15 is 0 Å². The Bertz CT molecular complexity index is 616. The van der Waals surface area contributed by atoms with Crippen LogP contribution in [-0.4, -0.2) is 31.1 Å². The van der Waals surface area contributed by atoms with E-state index in [-0.39, 0.29) is 11.8 Å². The smallest absolute Gasteiger partial charge is 0.240 e. The molecule has 0 saturated heterocycles. The molecular weight excluding hydrogens is 244 g/mol. The van der Waals surface area contributed by atoms with Gasteiger partial charge >= 0.3 is 0 Å². The van der Waals surface area contributed by atoms with Crippen LogP contribution >= 0.6 is 0 Å². The minimum absolute atomic E-state index is 0.0628. The summed E-state index contributed by atoms with van der Waals surface area (Å²) in [5.41, 5.74) is 4.10. The van der Waals surface area contributed by atoms with Crippen LogP contribution in [0.1, 0.15) is 18.9 Å². The van der Waals surface area contributed by atoms with Gasteiger partial charge in [-0.15, -0.1) is 0 Å². The molecule has 2 aromatic rings. The van der Waals surface area contributed by atoms with Crippen molar-refractivity contribution in [2.45, 2.75) is 13.3 Å². The average molecular weight is 256 g/mol. The molecule has 1 unspecified atom stereocenters. The second kappa shape index (κ2) is 4.60. The number of hydrogen-bond acceptors (Lipinski definition) is 5. The first kappa shape index (κ1) is 11.5. The first-order chi connectivity index (χ1) is 9.24. The number of nitrogens with zero attached hydrogens (tertiary/aromatic N) is 5. The Morgan fingerprint density at radius 1 is 1.37 bits per heavy atom. The second-order valence-electron chi connectivity index (χ2n) is 4.38. The number of carbonyl (C=O) groups is 1. The molecule has 96 valence electrons. The molecule has 0 aromatic carbocycles. The molecular formula is C12H12N6O. The lowest BCUT2D eigenvalue weighted by molar-refractivity contribution is -0.121. The van der Waals surface area contributed by atoms with Crippen molar-refractivity contribution < 1.29 is 4.79 Å². The molecule has 3 heterocycles. The zero-order chi connectivity index (χ0) is 13.2. The molecule has 7 heteroatoms. The summed E-state index contributed by atoms with van der Waals surface area (Å²) in [5.74, 6) is 0.554. The van der Waals surface area contributed by atoms with Crippen molar-refractivity contribution in [2.75, 3.05) is 0 Å². The van der Waals surface area contributed by atoms with E-state index in [1.54, 1.807) is 35.7 Å². The number of imidazole rings is 1.